The molecule has 0 bridgehead atoms. The highest BCUT2D eigenvalue weighted by Gasteiger charge is 2.28. The molecule has 0 aromatic rings. The van der Waals surface area contributed by atoms with Crippen LogP contribution in [0.15, 0.2) is 0 Å². The fourth-order valence-electron chi connectivity index (χ4n) is 2.30. The lowest BCUT2D eigenvalue weighted by Crippen LogP contribution is -2.40. The van der Waals surface area contributed by atoms with E-state index in [0.29, 0.717) is 12.6 Å². The normalized spacial score (nSPS) is 24.2. The Kier molecular flexibility index (Phi) is 4.74. The second-order valence-corrected chi connectivity index (χ2v) is 5.33. The zero-order valence-electron chi connectivity index (χ0n) is 10.8. The number of likely N-dealkylation sites (N-methyl/N-ethyl adjacent to an activating group) is 2. The van der Waals surface area contributed by atoms with Gasteiger partial charge in [0, 0.05) is 19.1 Å². The van der Waals surface area contributed by atoms with E-state index in [9.17, 15) is 4.79 Å². The van der Waals surface area contributed by atoms with Gasteiger partial charge in [0.05, 0.1) is 5.92 Å². The van der Waals surface area contributed by atoms with Crippen molar-refractivity contribution in [3.8, 4) is 0 Å². The number of aliphatic carboxylic acids is 1. The van der Waals surface area contributed by atoms with Gasteiger partial charge in [-0.2, -0.15) is 0 Å². The van der Waals surface area contributed by atoms with Crippen molar-refractivity contribution in [2.45, 2.75) is 26.3 Å². The van der Waals surface area contributed by atoms with Crippen molar-refractivity contribution in [3.63, 3.8) is 0 Å². The van der Waals surface area contributed by atoms with Crippen LogP contribution < -0.4 is 0 Å². The van der Waals surface area contributed by atoms with Crippen LogP contribution in [-0.2, 0) is 4.79 Å². The van der Waals surface area contributed by atoms with Gasteiger partial charge in [-0.05, 0) is 33.0 Å². The number of carboxylic acids is 1. The maximum absolute atomic E-state index is 11.1. The molecule has 4 heteroatoms. The average molecular weight is 228 g/mol. The fourth-order valence-corrected chi connectivity index (χ4v) is 2.30. The molecular formula is C12H24N2O2. The van der Waals surface area contributed by atoms with E-state index < -0.39 is 5.97 Å². The van der Waals surface area contributed by atoms with Crippen LogP contribution in [0.3, 0.4) is 0 Å². The SMILES string of the molecule is CC(C)C(CN(C)C1CCN(C)C1)C(=O)O. The van der Waals surface area contributed by atoms with Crippen LogP contribution >= 0.6 is 0 Å². The second kappa shape index (κ2) is 5.64. The molecular weight excluding hydrogens is 204 g/mol. The number of rotatable bonds is 5. The van der Waals surface area contributed by atoms with Gasteiger partial charge in [-0.15, -0.1) is 0 Å². The van der Waals surface area contributed by atoms with Crippen LogP contribution in [0, 0.1) is 11.8 Å². The van der Waals surface area contributed by atoms with Gasteiger partial charge in [-0.3, -0.25) is 4.79 Å². The summed E-state index contributed by atoms with van der Waals surface area (Å²) in [6, 6.07) is 0.519. The molecule has 16 heavy (non-hydrogen) atoms. The number of hydrogen-bond acceptors (Lipinski definition) is 3. The van der Waals surface area contributed by atoms with Gasteiger partial charge in [0.15, 0.2) is 0 Å². The lowest BCUT2D eigenvalue weighted by atomic mass is 9.95. The molecule has 0 radical (unpaired) electrons. The summed E-state index contributed by atoms with van der Waals surface area (Å²) in [5, 5.41) is 9.15. The van der Waals surface area contributed by atoms with Gasteiger partial charge in [0.2, 0.25) is 0 Å². The molecule has 0 aromatic carbocycles. The summed E-state index contributed by atoms with van der Waals surface area (Å²) in [6.45, 7) is 6.79. The number of carbonyl (C=O) groups is 1. The molecule has 1 saturated heterocycles. The number of hydrogen-bond donors (Lipinski definition) is 1. The first kappa shape index (κ1) is 13.5. The Morgan fingerprint density at radius 1 is 1.56 bits per heavy atom. The van der Waals surface area contributed by atoms with Gasteiger partial charge in [0.25, 0.3) is 0 Å². The lowest BCUT2D eigenvalue weighted by molar-refractivity contribution is -0.144. The standard InChI is InChI=1S/C12H24N2O2/c1-9(2)11(12(15)16)8-14(4)10-5-6-13(3)7-10/h9-11H,5-8H2,1-4H3,(H,15,16). The van der Waals surface area contributed by atoms with Crippen LogP contribution in [-0.4, -0.2) is 60.6 Å². The molecule has 0 spiro atoms. The minimum atomic E-state index is -0.673. The Bertz CT molecular complexity index is 243. The molecule has 0 saturated carbocycles. The molecule has 0 aliphatic carbocycles. The van der Waals surface area contributed by atoms with Crippen LogP contribution in [0.25, 0.3) is 0 Å². The number of nitrogens with zero attached hydrogens (tertiary/aromatic N) is 2. The second-order valence-electron chi connectivity index (χ2n) is 5.33. The maximum Gasteiger partial charge on any atom is 0.308 e. The van der Waals surface area contributed by atoms with Crippen molar-refractivity contribution in [3.05, 3.63) is 0 Å². The molecule has 0 amide bonds. The molecule has 1 fully saturated rings. The molecule has 94 valence electrons. The summed E-state index contributed by atoms with van der Waals surface area (Å²) in [6.07, 6.45) is 1.15. The highest BCUT2D eigenvalue weighted by Crippen LogP contribution is 2.17. The van der Waals surface area contributed by atoms with Crippen molar-refractivity contribution in [2.75, 3.05) is 33.7 Å². The van der Waals surface area contributed by atoms with E-state index >= 15 is 0 Å². The smallest absolute Gasteiger partial charge is 0.308 e. The minimum absolute atomic E-state index is 0.194. The fraction of sp³-hybridized carbons (Fsp3) is 0.917. The van der Waals surface area contributed by atoms with Crippen molar-refractivity contribution in [2.24, 2.45) is 11.8 Å². The predicted octanol–water partition coefficient (Wildman–Crippen LogP) is 0.979. The van der Waals surface area contributed by atoms with E-state index in [1.165, 1.54) is 0 Å². The zero-order valence-corrected chi connectivity index (χ0v) is 10.8. The third-order valence-corrected chi connectivity index (χ3v) is 3.60. The minimum Gasteiger partial charge on any atom is -0.481 e. The van der Waals surface area contributed by atoms with E-state index in [2.05, 4.69) is 16.8 Å². The monoisotopic (exact) mass is 228 g/mol. The van der Waals surface area contributed by atoms with E-state index in [-0.39, 0.29) is 11.8 Å². The summed E-state index contributed by atoms with van der Waals surface area (Å²) in [4.78, 5) is 15.6. The topological polar surface area (TPSA) is 43.8 Å². The summed E-state index contributed by atoms with van der Waals surface area (Å²) in [7, 11) is 4.16. The van der Waals surface area contributed by atoms with Gasteiger partial charge >= 0.3 is 5.97 Å². The molecule has 2 atom stereocenters. The highest BCUT2D eigenvalue weighted by molar-refractivity contribution is 5.70. The molecule has 1 aliphatic rings. The summed E-state index contributed by atoms with van der Waals surface area (Å²) in [5.74, 6) is -0.733. The Morgan fingerprint density at radius 2 is 2.19 bits per heavy atom. The lowest BCUT2D eigenvalue weighted by Gasteiger charge is -2.28. The first-order valence-electron chi connectivity index (χ1n) is 6.03. The number of carboxylic acid groups (broad SMARTS) is 1. The summed E-state index contributed by atoms with van der Waals surface area (Å²) < 4.78 is 0. The van der Waals surface area contributed by atoms with Crippen molar-refractivity contribution in [1.29, 1.82) is 0 Å². The Morgan fingerprint density at radius 3 is 2.56 bits per heavy atom. The Labute approximate surface area is 98.2 Å². The summed E-state index contributed by atoms with van der Waals surface area (Å²) >= 11 is 0. The first-order chi connectivity index (χ1) is 7.41. The van der Waals surface area contributed by atoms with Gasteiger partial charge in [-0.1, -0.05) is 13.8 Å². The third kappa shape index (κ3) is 3.46. The molecule has 2 unspecified atom stereocenters. The summed E-state index contributed by atoms with van der Waals surface area (Å²) in [5.41, 5.74) is 0. The van der Waals surface area contributed by atoms with E-state index in [0.717, 1.165) is 19.5 Å². The van der Waals surface area contributed by atoms with E-state index in [1.54, 1.807) is 0 Å². The van der Waals surface area contributed by atoms with Crippen molar-refractivity contribution in [1.82, 2.24) is 9.80 Å². The van der Waals surface area contributed by atoms with E-state index in [4.69, 9.17) is 5.11 Å². The van der Waals surface area contributed by atoms with Gasteiger partial charge in [0.1, 0.15) is 0 Å². The molecule has 1 rings (SSSR count). The third-order valence-electron chi connectivity index (χ3n) is 3.60. The Balaban J connectivity index is 2.48. The van der Waals surface area contributed by atoms with Crippen LogP contribution in [0.5, 0.6) is 0 Å². The van der Waals surface area contributed by atoms with Crippen LogP contribution in [0.2, 0.25) is 0 Å². The van der Waals surface area contributed by atoms with Crippen LogP contribution in [0.1, 0.15) is 20.3 Å². The molecule has 1 heterocycles. The van der Waals surface area contributed by atoms with Gasteiger partial charge < -0.3 is 14.9 Å². The molecule has 4 nitrogen and oxygen atoms in total. The maximum atomic E-state index is 11.1. The van der Waals surface area contributed by atoms with Crippen molar-refractivity contribution >= 4 is 5.97 Å². The largest absolute Gasteiger partial charge is 0.481 e. The first-order valence-corrected chi connectivity index (χ1v) is 6.03. The Hall–Kier alpha value is -0.610. The van der Waals surface area contributed by atoms with Crippen molar-refractivity contribution < 1.29 is 9.90 Å². The number of likely N-dealkylation sites (tertiary alicyclic amines) is 1. The predicted molar refractivity (Wildman–Crippen MR) is 64.5 cm³/mol. The quantitative estimate of drug-likeness (QED) is 0.762. The van der Waals surface area contributed by atoms with E-state index in [1.807, 2.05) is 20.9 Å². The average Bonchev–Trinajstić information content (AvgIpc) is 2.59. The molecule has 0 aromatic heterocycles. The molecule has 1 N–H and O–H groups in total. The van der Waals surface area contributed by atoms with Gasteiger partial charge in [-0.25, -0.2) is 0 Å². The highest BCUT2D eigenvalue weighted by atomic mass is 16.4. The molecule has 1 aliphatic heterocycles. The zero-order chi connectivity index (χ0) is 12.3. The van der Waals surface area contributed by atoms with Crippen LogP contribution in [0.4, 0.5) is 0 Å².